The van der Waals surface area contributed by atoms with E-state index in [1.165, 1.54) is 39.5 Å². The van der Waals surface area contributed by atoms with Gasteiger partial charge in [0.05, 0.1) is 39.6 Å². The van der Waals surface area contributed by atoms with E-state index in [2.05, 4.69) is 10.6 Å². The first-order valence-corrected chi connectivity index (χ1v) is 25.2. The van der Waals surface area contributed by atoms with E-state index in [0.717, 1.165) is 133 Å². The number of nitrogens with one attached hydrogen (secondary N) is 2. The number of benzene rings is 3. The molecule has 3 aliphatic carbocycles. The first-order chi connectivity index (χ1) is 34.4. The monoisotopic (exact) mass is 1120 g/mol. The number of halogens is 11. The van der Waals surface area contributed by atoms with E-state index in [-0.39, 0.29) is 83.9 Å². The van der Waals surface area contributed by atoms with Gasteiger partial charge in [-0.1, -0.05) is 0 Å². The van der Waals surface area contributed by atoms with Crippen LogP contribution < -0.4 is 39.1 Å². The molecule has 0 aromatic heterocycles. The number of ether oxygens (including phenoxy) is 7. The summed E-state index contributed by atoms with van der Waals surface area (Å²) in [7, 11) is 3.77. The molecule has 6 fully saturated rings. The number of hydrogen-bond donors (Lipinski definition) is 2. The fourth-order valence-corrected chi connectivity index (χ4v) is 9.22. The number of carbonyl (C=O) groups is 1. The fraction of sp³-hybridized carbons (Fsp3) is 0.642. The Labute approximate surface area is 445 Å². The number of likely N-dealkylation sites (tertiary alicyclic amines) is 1. The van der Waals surface area contributed by atoms with E-state index in [1.54, 1.807) is 25.7 Å². The van der Waals surface area contributed by atoms with Gasteiger partial charge in [-0.05, 0) is 147 Å². The van der Waals surface area contributed by atoms with E-state index in [9.17, 15) is 44.3 Å². The van der Waals surface area contributed by atoms with E-state index in [1.807, 2.05) is 0 Å². The molecular weight excluding hydrogens is 1050 g/mol. The minimum atomic E-state index is -4.54. The first kappa shape index (κ1) is 61.5. The van der Waals surface area contributed by atoms with Crippen LogP contribution in [-0.2, 0) is 23.3 Å². The molecule has 422 valence electrons. The van der Waals surface area contributed by atoms with Crippen molar-refractivity contribution in [3.63, 3.8) is 0 Å². The predicted molar refractivity (Wildman–Crippen MR) is 269 cm³/mol. The molecule has 9 rings (SSSR count). The van der Waals surface area contributed by atoms with Crippen molar-refractivity contribution < 1.29 is 77.5 Å². The number of amides is 1. The van der Waals surface area contributed by atoms with E-state index >= 15 is 0 Å². The van der Waals surface area contributed by atoms with Gasteiger partial charge in [-0.2, -0.15) is 39.5 Å². The van der Waals surface area contributed by atoms with Crippen molar-refractivity contribution in [2.24, 2.45) is 0 Å². The molecule has 0 bridgehead atoms. The maximum absolute atomic E-state index is 13.5. The zero-order valence-electron chi connectivity index (χ0n) is 43.1. The highest BCUT2D eigenvalue weighted by atomic mass is 35.5. The number of hydrogen-bond acceptors (Lipinski definition) is 10. The Morgan fingerprint density at radius 1 is 0.493 bits per heavy atom. The molecular formula is C53H70Cl2F9N3O8. The molecule has 3 atom stereocenters. The minimum absolute atomic E-state index is 0. The van der Waals surface area contributed by atoms with E-state index in [0.29, 0.717) is 30.2 Å². The van der Waals surface area contributed by atoms with Gasteiger partial charge in [0.1, 0.15) is 56.8 Å². The van der Waals surface area contributed by atoms with Crippen LogP contribution in [0.25, 0.3) is 0 Å². The Kier molecular flexibility index (Phi) is 21.2. The number of nitrogens with zero attached hydrogens (tertiary/aromatic N) is 1. The zero-order valence-corrected chi connectivity index (χ0v) is 44.7. The van der Waals surface area contributed by atoms with Crippen LogP contribution in [-0.4, -0.2) is 95.5 Å². The standard InChI is InChI=1S/C21H28F3NO4.2C16H20F3NO2.2ClH/c1-20(2,3)29-19(26)25-9-5-6-13(12-25)15-10-18(27-4)16(21(22,23)24)11-17(15)28-14-7-8-14;2*1-21-15-7-12(10-3-2-6-20-9-10)14(22-11-4-5-11)8-13(15)16(17,18)19;;/h10-11,13-14H,5-9,12H2,1-4H3;2*7-8,10-11,20H,2-6,9H2,1H3;2*1H/t;2*10-;;/m.10../s1. The highest BCUT2D eigenvalue weighted by Gasteiger charge is 2.41. The van der Waals surface area contributed by atoms with Crippen molar-refractivity contribution in [1.29, 1.82) is 0 Å². The SMILES string of the molecule is COc1cc(C2CCCN(C(=O)OC(C)(C)C)C2)c(OC2CC2)cc1C(F)(F)F.COc1cc([C@@H]2CCCNC2)c(OC2CC2)cc1C(F)(F)F.COc1cc([C@H]2CCCNC2)c(OC2CC2)cc1C(F)(F)F.Cl.Cl. The van der Waals surface area contributed by atoms with Crippen LogP contribution in [0.15, 0.2) is 36.4 Å². The summed E-state index contributed by atoms with van der Waals surface area (Å²) in [6.07, 6.45) is -3.06. The minimum Gasteiger partial charge on any atom is -0.496 e. The highest BCUT2D eigenvalue weighted by Crippen LogP contribution is 2.48. The smallest absolute Gasteiger partial charge is 0.420 e. The molecule has 2 N–H and O–H groups in total. The molecule has 6 aliphatic rings. The van der Waals surface area contributed by atoms with E-state index < -0.39 is 46.9 Å². The Morgan fingerprint density at radius 3 is 1.11 bits per heavy atom. The summed E-state index contributed by atoms with van der Waals surface area (Å²) in [5.74, 6) is 0.654. The third-order valence-corrected chi connectivity index (χ3v) is 13.4. The maximum atomic E-state index is 13.5. The van der Waals surface area contributed by atoms with Gasteiger partial charge in [-0.25, -0.2) is 4.79 Å². The molecule has 75 heavy (non-hydrogen) atoms. The number of rotatable bonds is 12. The molecule has 1 unspecified atom stereocenters. The van der Waals surface area contributed by atoms with Crippen molar-refractivity contribution in [1.82, 2.24) is 15.5 Å². The average molecular weight is 1120 g/mol. The van der Waals surface area contributed by atoms with E-state index in [4.69, 9.17) is 33.2 Å². The lowest BCUT2D eigenvalue weighted by atomic mass is 9.89. The zero-order chi connectivity index (χ0) is 52.9. The molecule has 3 saturated carbocycles. The van der Waals surface area contributed by atoms with Gasteiger partial charge >= 0.3 is 24.6 Å². The second-order valence-electron chi connectivity index (χ2n) is 20.6. The quantitative estimate of drug-likeness (QED) is 0.170. The van der Waals surface area contributed by atoms with Gasteiger partial charge in [0.2, 0.25) is 0 Å². The second kappa shape index (κ2) is 25.8. The maximum Gasteiger partial charge on any atom is 0.420 e. The molecule has 0 spiro atoms. The average Bonchev–Trinajstić information content (AvgIpc) is 4.20. The fourth-order valence-electron chi connectivity index (χ4n) is 9.22. The van der Waals surface area contributed by atoms with Gasteiger partial charge in [0.25, 0.3) is 0 Å². The molecule has 3 saturated heterocycles. The van der Waals surface area contributed by atoms with Crippen LogP contribution in [0, 0.1) is 0 Å². The van der Waals surface area contributed by atoms with Gasteiger partial charge in [0.15, 0.2) is 0 Å². The lowest BCUT2D eigenvalue weighted by molar-refractivity contribution is -0.139. The molecule has 1 amide bonds. The molecule has 11 nitrogen and oxygen atoms in total. The van der Waals surface area contributed by atoms with Crippen LogP contribution in [0.2, 0.25) is 0 Å². The number of carbonyl (C=O) groups excluding carboxylic acids is 1. The van der Waals surface area contributed by atoms with Gasteiger partial charge in [0, 0.05) is 60.6 Å². The Hall–Kier alpha value is -4.40. The van der Waals surface area contributed by atoms with Crippen LogP contribution in [0.4, 0.5) is 44.3 Å². The second-order valence-corrected chi connectivity index (χ2v) is 20.6. The number of alkyl halides is 9. The Bertz CT molecular complexity index is 2250. The van der Waals surface area contributed by atoms with Gasteiger partial charge in [-0.3, -0.25) is 0 Å². The lowest BCUT2D eigenvalue weighted by Gasteiger charge is -2.35. The van der Waals surface area contributed by atoms with Crippen molar-refractivity contribution >= 4 is 30.9 Å². The third-order valence-electron chi connectivity index (χ3n) is 13.4. The number of piperidine rings is 3. The van der Waals surface area contributed by atoms with Crippen molar-refractivity contribution in [3.05, 3.63) is 69.8 Å². The molecule has 3 heterocycles. The van der Waals surface area contributed by atoms with Gasteiger partial charge in [-0.15, -0.1) is 24.8 Å². The predicted octanol–water partition coefficient (Wildman–Crippen LogP) is 13.7. The Balaban J connectivity index is 0.000000208. The molecule has 3 aromatic carbocycles. The summed E-state index contributed by atoms with van der Waals surface area (Å²) in [5.41, 5.74) is -0.694. The van der Waals surface area contributed by atoms with Crippen LogP contribution in [0.1, 0.15) is 149 Å². The normalized spacial score (nSPS) is 21.1. The number of methoxy groups -OCH3 is 3. The summed E-state index contributed by atoms with van der Waals surface area (Å²) in [5, 5.41) is 6.59. The summed E-state index contributed by atoms with van der Waals surface area (Å²) in [6, 6.07) is 7.71. The van der Waals surface area contributed by atoms with Crippen LogP contribution in [0.3, 0.4) is 0 Å². The summed E-state index contributed by atoms with van der Waals surface area (Å²) < 4.78 is 157. The summed E-state index contributed by atoms with van der Waals surface area (Å²) in [4.78, 5) is 14.1. The van der Waals surface area contributed by atoms with Crippen molar-refractivity contribution in [2.45, 2.75) is 158 Å². The summed E-state index contributed by atoms with van der Waals surface area (Å²) >= 11 is 0. The first-order valence-electron chi connectivity index (χ1n) is 25.2. The lowest BCUT2D eigenvalue weighted by Crippen LogP contribution is -2.42. The van der Waals surface area contributed by atoms with Crippen molar-refractivity contribution in [3.8, 4) is 34.5 Å². The van der Waals surface area contributed by atoms with Crippen LogP contribution >= 0.6 is 24.8 Å². The third kappa shape index (κ3) is 17.3. The topological polar surface area (TPSA) is 109 Å². The van der Waals surface area contributed by atoms with Crippen LogP contribution in [0.5, 0.6) is 34.5 Å². The van der Waals surface area contributed by atoms with Gasteiger partial charge < -0.3 is 48.7 Å². The molecule has 3 aliphatic heterocycles. The Morgan fingerprint density at radius 2 is 0.827 bits per heavy atom. The summed E-state index contributed by atoms with van der Waals surface area (Å²) in [6.45, 7) is 9.75. The molecule has 0 radical (unpaired) electrons. The van der Waals surface area contributed by atoms with Crippen molar-refractivity contribution in [2.75, 3.05) is 60.6 Å². The molecule has 22 heteroatoms. The highest BCUT2D eigenvalue weighted by molar-refractivity contribution is 5.85. The largest absolute Gasteiger partial charge is 0.496 e. The molecule has 3 aromatic rings.